The van der Waals surface area contributed by atoms with Crippen LogP contribution in [0.1, 0.15) is 22.5 Å². The first-order chi connectivity index (χ1) is 8.08. The number of nitrogens with zero attached hydrogens (tertiary/aromatic N) is 2. The molecule has 1 aromatic rings. The molecule has 0 radical (unpaired) electrons. The second-order valence-electron chi connectivity index (χ2n) is 4.36. The first-order valence-electron chi connectivity index (χ1n) is 5.67. The number of hydrogen-bond acceptors (Lipinski definition) is 4. The largest absolute Gasteiger partial charge is 0.384 e. The highest BCUT2D eigenvalue weighted by molar-refractivity contribution is 7.99. The first kappa shape index (κ1) is 12.2. The van der Waals surface area contributed by atoms with E-state index >= 15 is 0 Å². The van der Waals surface area contributed by atoms with Crippen molar-refractivity contribution in [2.75, 3.05) is 24.3 Å². The fraction of sp³-hybridized carbons (Fsp3) is 0.500. The van der Waals surface area contributed by atoms with Crippen LogP contribution in [0.25, 0.3) is 0 Å². The van der Waals surface area contributed by atoms with E-state index < -0.39 is 0 Å². The number of nitrogen functional groups attached to an aromatic ring is 1. The summed E-state index contributed by atoms with van der Waals surface area (Å²) < 4.78 is 0. The highest BCUT2D eigenvalue weighted by Crippen LogP contribution is 2.23. The Labute approximate surface area is 106 Å². The standard InChI is InChI=1S/C12H17N3OS/c1-8-5-9(6-11(13)14-8)12(16)15(2)10-3-4-17-7-10/h5-6,10H,3-4,7H2,1-2H3,(H2,13,14). The number of thioether (sulfide) groups is 1. The van der Waals surface area contributed by atoms with Crippen molar-refractivity contribution in [3.8, 4) is 0 Å². The molecule has 1 saturated heterocycles. The molecule has 1 unspecified atom stereocenters. The van der Waals surface area contributed by atoms with Crippen LogP contribution >= 0.6 is 11.8 Å². The Kier molecular flexibility index (Phi) is 3.57. The maximum atomic E-state index is 12.3. The summed E-state index contributed by atoms with van der Waals surface area (Å²) >= 11 is 1.90. The SMILES string of the molecule is Cc1cc(C(=O)N(C)C2CCSC2)cc(N)n1. The van der Waals surface area contributed by atoms with Gasteiger partial charge in [-0.3, -0.25) is 4.79 Å². The first-order valence-corrected chi connectivity index (χ1v) is 6.82. The van der Waals surface area contributed by atoms with Gasteiger partial charge in [0.2, 0.25) is 0 Å². The molecule has 1 aromatic heterocycles. The van der Waals surface area contributed by atoms with Crippen molar-refractivity contribution >= 4 is 23.5 Å². The molecule has 92 valence electrons. The van der Waals surface area contributed by atoms with E-state index in [0.717, 1.165) is 23.6 Å². The number of aromatic nitrogens is 1. The van der Waals surface area contributed by atoms with Gasteiger partial charge in [0, 0.05) is 30.1 Å². The fourth-order valence-corrected chi connectivity index (χ4v) is 3.28. The number of amides is 1. The fourth-order valence-electron chi connectivity index (χ4n) is 2.01. The number of nitrogens with two attached hydrogens (primary N) is 1. The normalized spacial score (nSPS) is 19.3. The maximum Gasteiger partial charge on any atom is 0.254 e. The average molecular weight is 251 g/mol. The van der Waals surface area contributed by atoms with Crippen LogP contribution in [0, 0.1) is 6.92 Å². The van der Waals surface area contributed by atoms with Crippen molar-refractivity contribution in [3.05, 3.63) is 23.4 Å². The van der Waals surface area contributed by atoms with Gasteiger partial charge in [-0.25, -0.2) is 4.98 Å². The van der Waals surface area contributed by atoms with Gasteiger partial charge >= 0.3 is 0 Å². The Morgan fingerprint density at radius 1 is 1.59 bits per heavy atom. The van der Waals surface area contributed by atoms with Gasteiger partial charge < -0.3 is 10.6 Å². The number of carbonyl (C=O) groups is 1. The van der Waals surface area contributed by atoms with Crippen molar-refractivity contribution in [2.45, 2.75) is 19.4 Å². The molecule has 0 bridgehead atoms. The monoisotopic (exact) mass is 251 g/mol. The number of carbonyl (C=O) groups excluding carboxylic acids is 1. The molecular weight excluding hydrogens is 234 g/mol. The summed E-state index contributed by atoms with van der Waals surface area (Å²) in [5.74, 6) is 2.61. The minimum atomic E-state index is 0.0368. The lowest BCUT2D eigenvalue weighted by molar-refractivity contribution is 0.0747. The smallest absolute Gasteiger partial charge is 0.254 e. The minimum Gasteiger partial charge on any atom is -0.384 e. The molecule has 1 fully saturated rings. The molecule has 1 amide bonds. The molecule has 0 saturated carbocycles. The molecule has 1 atom stereocenters. The van der Waals surface area contributed by atoms with Gasteiger partial charge in [0.25, 0.3) is 5.91 Å². The summed E-state index contributed by atoms with van der Waals surface area (Å²) in [6, 6.07) is 3.78. The van der Waals surface area contributed by atoms with Gasteiger partial charge in [-0.1, -0.05) is 0 Å². The van der Waals surface area contributed by atoms with Crippen molar-refractivity contribution < 1.29 is 4.79 Å². The summed E-state index contributed by atoms with van der Waals surface area (Å²) in [4.78, 5) is 18.2. The molecule has 0 spiro atoms. The molecule has 4 nitrogen and oxygen atoms in total. The van der Waals surface area contributed by atoms with Crippen molar-refractivity contribution in [1.82, 2.24) is 9.88 Å². The Hall–Kier alpha value is -1.23. The van der Waals surface area contributed by atoms with E-state index in [1.165, 1.54) is 0 Å². The van der Waals surface area contributed by atoms with Gasteiger partial charge in [0.1, 0.15) is 5.82 Å². The molecule has 5 heteroatoms. The maximum absolute atomic E-state index is 12.3. The van der Waals surface area contributed by atoms with Crippen LogP contribution in [0.15, 0.2) is 12.1 Å². The Bertz CT molecular complexity index is 410. The highest BCUT2D eigenvalue weighted by atomic mass is 32.2. The van der Waals surface area contributed by atoms with Gasteiger partial charge in [0.15, 0.2) is 0 Å². The Balaban J connectivity index is 2.17. The minimum absolute atomic E-state index is 0.0368. The molecule has 0 aromatic carbocycles. The average Bonchev–Trinajstić information content (AvgIpc) is 2.79. The third-order valence-electron chi connectivity index (χ3n) is 2.99. The highest BCUT2D eigenvalue weighted by Gasteiger charge is 2.24. The van der Waals surface area contributed by atoms with E-state index in [0.29, 0.717) is 17.4 Å². The third-order valence-corrected chi connectivity index (χ3v) is 4.14. The van der Waals surface area contributed by atoms with Crippen LogP contribution in [0.3, 0.4) is 0 Å². The molecule has 17 heavy (non-hydrogen) atoms. The van der Waals surface area contributed by atoms with Crippen LogP contribution in [0.4, 0.5) is 5.82 Å². The molecule has 2 N–H and O–H groups in total. The van der Waals surface area contributed by atoms with Gasteiger partial charge in [-0.05, 0) is 31.2 Å². The van der Waals surface area contributed by atoms with Crippen LogP contribution in [0.2, 0.25) is 0 Å². The van der Waals surface area contributed by atoms with Crippen molar-refractivity contribution in [2.24, 2.45) is 0 Å². The van der Waals surface area contributed by atoms with E-state index in [9.17, 15) is 4.79 Å². The van der Waals surface area contributed by atoms with Crippen LogP contribution < -0.4 is 5.73 Å². The molecule has 1 aliphatic heterocycles. The van der Waals surface area contributed by atoms with Gasteiger partial charge in [-0.15, -0.1) is 0 Å². The van der Waals surface area contributed by atoms with E-state index in [1.807, 2.05) is 30.6 Å². The van der Waals surface area contributed by atoms with Gasteiger partial charge in [0.05, 0.1) is 0 Å². The quantitative estimate of drug-likeness (QED) is 0.866. The van der Waals surface area contributed by atoms with Crippen LogP contribution in [-0.4, -0.2) is 40.4 Å². The lowest BCUT2D eigenvalue weighted by atomic mass is 10.1. The molecule has 2 heterocycles. The summed E-state index contributed by atoms with van der Waals surface area (Å²) in [5.41, 5.74) is 7.08. The summed E-state index contributed by atoms with van der Waals surface area (Å²) in [6.45, 7) is 1.85. The number of hydrogen-bond donors (Lipinski definition) is 1. The van der Waals surface area contributed by atoms with E-state index in [2.05, 4.69) is 4.98 Å². The number of rotatable bonds is 2. The summed E-state index contributed by atoms with van der Waals surface area (Å²) in [7, 11) is 1.87. The predicted molar refractivity (Wildman–Crippen MR) is 71.2 cm³/mol. The topological polar surface area (TPSA) is 59.2 Å². The predicted octanol–water partition coefficient (Wildman–Crippen LogP) is 1.55. The van der Waals surface area contributed by atoms with E-state index in [1.54, 1.807) is 12.1 Å². The Morgan fingerprint density at radius 3 is 2.94 bits per heavy atom. The summed E-state index contributed by atoms with van der Waals surface area (Å²) in [6.07, 6.45) is 1.08. The van der Waals surface area contributed by atoms with Crippen molar-refractivity contribution in [1.29, 1.82) is 0 Å². The van der Waals surface area contributed by atoms with Gasteiger partial charge in [-0.2, -0.15) is 11.8 Å². The second kappa shape index (κ2) is 4.96. The lowest BCUT2D eigenvalue weighted by Gasteiger charge is -2.24. The lowest BCUT2D eigenvalue weighted by Crippen LogP contribution is -2.37. The molecule has 2 rings (SSSR count). The van der Waals surface area contributed by atoms with E-state index in [4.69, 9.17) is 5.73 Å². The van der Waals surface area contributed by atoms with Crippen molar-refractivity contribution in [3.63, 3.8) is 0 Å². The number of pyridine rings is 1. The number of aryl methyl sites for hydroxylation is 1. The zero-order chi connectivity index (χ0) is 12.4. The Morgan fingerprint density at radius 2 is 2.35 bits per heavy atom. The zero-order valence-corrected chi connectivity index (χ0v) is 11.0. The molecule has 0 aliphatic carbocycles. The van der Waals surface area contributed by atoms with Crippen LogP contribution in [0.5, 0.6) is 0 Å². The second-order valence-corrected chi connectivity index (χ2v) is 5.51. The molecular formula is C12H17N3OS. The van der Waals surface area contributed by atoms with Crippen LogP contribution in [-0.2, 0) is 0 Å². The molecule has 1 aliphatic rings. The summed E-state index contributed by atoms with van der Waals surface area (Å²) in [5, 5.41) is 0. The zero-order valence-electron chi connectivity index (χ0n) is 10.1. The van der Waals surface area contributed by atoms with E-state index in [-0.39, 0.29) is 5.91 Å². The third kappa shape index (κ3) is 2.72. The number of anilines is 1.